The van der Waals surface area contributed by atoms with Gasteiger partial charge in [-0.2, -0.15) is 0 Å². The van der Waals surface area contributed by atoms with Crippen LogP contribution in [0.25, 0.3) is 0 Å². The predicted octanol–water partition coefficient (Wildman–Crippen LogP) is 4.19. The number of alkyl halides is 7. The molecule has 0 radical (unpaired) electrons. The minimum Gasteiger partial charge on any atom is -0.207 e. The zero-order valence-corrected chi connectivity index (χ0v) is 8.71. The van der Waals surface area contributed by atoms with Gasteiger partial charge in [0.1, 0.15) is 0 Å². The van der Waals surface area contributed by atoms with Crippen LogP contribution in [0.1, 0.15) is 6.42 Å². The van der Waals surface area contributed by atoms with E-state index in [0.29, 0.717) is 0 Å². The van der Waals surface area contributed by atoms with Gasteiger partial charge in [0.25, 0.3) is 6.43 Å². The molecule has 0 aliphatic heterocycles. The van der Waals surface area contributed by atoms with E-state index in [0.717, 1.165) is 0 Å². The van der Waals surface area contributed by atoms with Gasteiger partial charge >= 0.3 is 0 Å². The van der Waals surface area contributed by atoms with Crippen LogP contribution in [0.4, 0.5) is 8.78 Å². The lowest BCUT2D eigenvalue weighted by Gasteiger charge is -2.22. The monoisotopic (exact) mass is 264 g/mol. The number of hydrogen-bond donors (Lipinski definition) is 0. The average molecular weight is 266 g/mol. The molecule has 11 heavy (non-hydrogen) atoms. The molecule has 0 unspecified atom stereocenters. The van der Waals surface area contributed by atoms with Gasteiger partial charge in [-0.25, -0.2) is 8.78 Å². The smallest absolute Gasteiger partial charge is 0.207 e. The third-order valence-corrected chi connectivity index (χ3v) is 1.75. The van der Waals surface area contributed by atoms with Gasteiger partial charge in [-0.15, -0.1) is 0 Å². The van der Waals surface area contributed by atoms with Crippen molar-refractivity contribution < 1.29 is 8.78 Å². The van der Waals surface area contributed by atoms with Crippen LogP contribution in [0.3, 0.4) is 0 Å². The second-order valence-electron chi connectivity index (χ2n) is 1.85. The minimum atomic E-state index is -2.94. The summed E-state index contributed by atoms with van der Waals surface area (Å²) in [4.78, 5) is 0. The summed E-state index contributed by atoms with van der Waals surface area (Å²) in [5, 5.41) is 0. The summed E-state index contributed by atoms with van der Waals surface area (Å²) in [6.07, 6.45) is -3.56. The lowest BCUT2D eigenvalue weighted by atomic mass is 10.3. The van der Waals surface area contributed by atoms with Crippen molar-refractivity contribution in [3.8, 4) is 0 Å². The Balaban J connectivity index is 4.13. The van der Waals surface area contributed by atoms with Crippen LogP contribution in [0.2, 0.25) is 0 Å². The van der Waals surface area contributed by atoms with Crippen molar-refractivity contribution in [2.24, 2.45) is 0 Å². The second-order valence-corrected chi connectivity index (χ2v) is 5.91. The Kier molecular flexibility index (Phi) is 4.49. The van der Waals surface area contributed by atoms with Crippen molar-refractivity contribution >= 4 is 58.0 Å². The van der Waals surface area contributed by atoms with Crippen LogP contribution >= 0.6 is 58.0 Å². The third-order valence-electron chi connectivity index (χ3n) is 0.755. The highest BCUT2D eigenvalue weighted by atomic mass is 35.6. The van der Waals surface area contributed by atoms with Crippen molar-refractivity contribution in [2.45, 2.75) is 21.0 Å². The van der Waals surface area contributed by atoms with Gasteiger partial charge in [-0.1, -0.05) is 58.0 Å². The molecule has 0 atom stereocenters. The predicted molar refractivity (Wildman–Crippen MR) is 45.3 cm³/mol. The Hall–Kier alpha value is 1.31. The highest BCUT2D eigenvalue weighted by Crippen LogP contribution is 2.43. The summed E-state index contributed by atoms with van der Waals surface area (Å²) in [5.74, 6) is 0. The van der Waals surface area contributed by atoms with E-state index in [1.807, 2.05) is 0 Å². The first-order chi connectivity index (χ1) is 4.65. The van der Waals surface area contributed by atoms with E-state index in [4.69, 9.17) is 58.0 Å². The molecule has 0 saturated carbocycles. The fraction of sp³-hybridized carbons (Fsp3) is 1.00. The molecule has 7 heteroatoms. The molecule has 0 nitrogen and oxygen atoms in total. The van der Waals surface area contributed by atoms with Crippen LogP contribution < -0.4 is 0 Å². The summed E-state index contributed by atoms with van der Waals surface area (Å²) in [6.45, 7) is 0. The molecule has 0 saturated heterocycles. The van der Waals surface area contributed by atoms with Gasteiger partial charge < -0.3 is 0 Å². The Labute approximate surface area is 87.7 Å². The molecule has 0 spiro atoms. The van der Waals surface area contributed by atoms with Gasteiger partial charge in [0.05, 0.1) is 0 Å². The Bertz CT molecular complexity index is 129. The maximum absolute atomic E-state index is 11.9. The molecule has 0 amide bonds. The van der Waals surface area contributed by atoms with E-state index in [-0.39, 0.29) is 0 Å². The normalized spacial score (nSPS) is 14.2. The van der Waals surface area contributed by atoms with Gasteiger partial charge in [0, 0.05) is 6.42 Å². The first kappa shape index (κ1) is 12.3. The number of halogens is 7. The summed E-state index contributed by atoms with van der Waals surface area (Å²) >= 11 is 25.8. The molecular weight excluding hydrogens is 263 g/mol. The largest absolute Gasteiger partial charge is 0.271 e. The van der Waals surface area contributed by atoms with Crippen LogP contribution in [-0.4, -0.2) is 14.6 Å². The van der Waals surface area contributed by atoms with Crippen LogP contribution in [0, 0.1) is 0 Å². The molecule has 0 bridgehead atoms. The van der Waals surface area contributed by atoms with Crippen LogP contribution in [0.5, 0.6) is 0 Å². The summed E-state index contributed by atoms with van der Waals surface area (Å²) in [7, 11) is 0. The van der Waals surface area contributed by atoms with Gasteiger partial charge in [0.15, 0.2) is 8.13 Å². The highest BCUT2D eigenvalue weighted by molar-refractivity contribution is 6.68. The maximum Gasteiger partial charge on any atom is 0.271 e. The molecule has 0 fully saturated rings. The number of hydrogen-bond acceptors (Lipinski definition) is 0. The zero-order valence-electron chi connectivity index (χ0n) is 4.93. The van der Waals surface area contributed by atoms with Crippen LogP contribution in [0.15, 0.2) is 0 Å². The van der Waals surface area contributed by atoms with Crippen LogP contribution in [-0.2, 0) is 0 Å². The van der Waals surface area contributed by atoms with Crippen molar-refractivity contribution in [3.63, 3.8) is 0 Å². The molecular formula is C4H3Cl5F2. The molecule has 0 N–H and O–H groups in total. The maximum atomic E-state index is 11.9. The van der Waals surface area contributed by atoms with Crippen molar-refractivity contribution in [2.75, 3.05) is 0 Å². The lowest BCUT2D eigenvalue weighted by Crippen LogP contribution is -2.29. The first-order valence-electron chi connectivity index (χ1n) is 2.38. The molecule has 0 heterocycles. The molecule has 0 aromatic rings. The Morgan fingerprint density at radius 2 is 1.36 bits per heavy atom. The second kappa shape index (κ2) is 4.01. The summed E-state index contributed by atoms with van der Waals surface area (Å²) < 4.78 is 19.6. The van der Waals surface area contributed by atoms with E-state index in [1.54, 1.807) is 0 Å². The van der Waals surface area contributed by atoms with Crippen molar-refractivity contribution in [1.29, 1.82) is 0 Å². The van der Waals surface area contributed by atoms with E-state index in [2.05, 4.69) is 0 Å². The molecule has 0 aliphatic carbocycles. The fourth-order valence-electron chi connectivity index (χ4n) is 0.344. The SMILES string of the molecule is FC(F)C(Cl)(Cl)CC(Cl)(Cl)Cl. The van der Waals surface area contributed by atoms with E-state index in [9.17, 15) is 8.78 Å². The zero-order chi connectivity index (χ0) is 9.28. The third kappa shape index (κ3) is 5.53. The Morgan fingerprint density at radius 3 is 1.45 bits per heavy atom. The van der Waals surface area contributed by atoms with Gasteiger partial charge in [0.2, 0.25) is 0 Å². The standard InChI is InChI=1S/C4H3Cl5F2/c5-3(6,2(10)11)1-4(7,8)9/h2H,1H2. The van der Waals surface area contributed by atoms with Gasteiger partial charge in [-0.05, 0) is 0 Å². The van der Waals surface area contributed by atoms with E-state index in [1.165, 1.54) is 0 Å². The molecule has 0 rings (SSSR count). The van der Waals surface area contributed by atoms with Gasteiger partial charge in [-0.3, -0.25) is 0 Å². The first-order valence-corrected chi connectivity index (χ1v) is 4.27. The molecule has 68 valence electrons. The molecule has 0 aliphatic rings. The minimum absolute atomic E-state index is 0.620. The summed E-state index contributed by atoms with van der Waals surface area (Å²) in [6, 6.07) is 0. The molecule has 0 aromatic carbocycles. The quantitative estimate of drug-likeness (QED) is 0.658. The summed E-state index contributed by atoms with van der Waals surface area (Å²) in [5.41, 5.74) is 0. The van der Waals surface area contributed by atoms with E-state index >= 15 is 0 Å². The number of rotatable bonds is 2. The Morgan fingerprint density at radius 1 is 1.00 bits per heavy atom. The lowest BCUT2D eigenvalue weighted by molar-refractivity contribution is 0.124. The molecule has 0 aromatic heterocycles. The fourth-order valence-corrected chi connectivity index (χ4v) is 1.79. The van der Waals surface area contributed by atoms with E-state index < -0.39 is 21.0 Å². The highest BCUT2D eigenvalue weighted by Gasteiger charge is 2.42. The van der Waals surface area contributed by atoms with Crippen molar-refractivity contribution in [3.05, 3.63) is 0 Å². The average Bonchev–Trinajstić information content (AvgIpc) is 1.56. The topological polar surface area (TPSA) is 0 Å². The van der Waals surface area contributed by atoms with Crippen molar-refractivity contribution in [1.82, 2.24) is 0 Å².